The number of amides is 4. The maximum Gasteiger partial charge on any atom is 0.407 e. The third-order valence-corrected chi connectivity index (χ3v) is 9.99. The van der Waals surface area contributed by atoms with Crippen molar-refractivity contribution >= 4 is 35.8 Å². The molecule has 3 rings (SSSR count). The molecule has 0 saturated carbocycles. The van der Waals surface area contributed by atoms with Crippen LogP contribution in [0.2, 0.25) is 0 Å². The molecule has 0 aliphatic carbocycles. The van der Waals surface area contributed by atoms with Gasteiger partial charge in [0.1, 0.15) is 17.5 Å². The highest BCUT2D eigenvalue weighted by Crippen LogP contribution is 2.26. The van der Waals surface area contributed by atoms with E-state index in [1.54, 1.807) is 38.7 Å². The summed E-state index contributed by atoms with van der Waals surface area (Å²) in [7, 11) is 1.25. The Labute approximate surface area is 330 Å². The molecule has 1 aromatic heterocycles. The topological polar surface area (TPSA) is 168 Å². The number of thioether (sulfide) groups is 1. The molecule has 0 bridgehead atoms. The zero-order chi connectivity index (χ0) is 40.8. The van der Waals surface area contributed by atoms with Gasteiger partial charge in [-0.05, 0) is 66.0 Å². The van der Waals surface area contributed by atoms with Crippen molar-refractivity contribution in [1.29, 1.82) is 0 Å². The molecular weight excluding hydrogens is 719 g/mol. The van der Waals surface area contributed by atoms with Crippen LogP contribution in [0.3, 0.4) is 0 Å². The van der Waals surface area contributed by atoms with Gasteiger partial charge >= 0.3 is 12.2 Å². The standard InChI is InChI=1S/C42H59N5O7S/c1-10-55-27(2)54-34(33(25-28-16-12-11-13-17-28)45-38(49)35(41(3,4)5)46-39(50)51)26-31(44-37(48)36(42(6,7)8)47-40(52)53-9)24-29-19-21-30(22-20-29)32-18-14-15-23-43-32/h11-23,27,31,33-36,46H,10,24-26H2,1-9H3,(H,44,48)(H,45,49)(H,47,52)(H,50,51)/t27?,31-,33-,34-,35+,36+/m0/s1. The summed E-state index contributed by atoms with van der Waals surface area (Å²) in [5.74, 6) is -0.0983. The monoisotopic (exact) mass is 777 g/mol. The van der Waals surface area contributed by atoms with Crippen molar-refractivity contribution in [2.75, 3.05) is 12.9 Å². The third kappa shape index (κ3) is 14.9. The molecule has 0 aliphatic rings. The molecule has 0 radical (unpaired) electrons. The number of carbonyl (C=O) groups is 4. The van der Waals surface area contributed by atoms with E-state index in [9.17, 15) is 24.3 Å². The molecule has 0 aliphatic heterocycles. The van der Waals surface area contributed by atoms with E-state index in [1.165, 1.54) is 7.11 Å². The molecule has 0 saturated heterocycles. The smallest absolute Gasteiger partial charge is 0.407 e. The van der Waals surface area contributed by atoms with Crippen LogP contribution in [0.4, 0.5) is 9.59 Å². The van der Waals surface area contributed by atoms with Crippen LogP contribution < -0.4 is 21.3 Å². The molecule has 0 fully saturated rings. The van der Waals surface area contributed by atoms with Crippen molar-refractivity contribution in [3.8, 4) is 11.3 Å². The maximum atomic E-state index is 14.2. The first-order valence-corrected chi connectivity index (χ1v) is 19.7. The molecule has 13 heteroatoms. The van der Waals surface area contributed by atoms with Crippen molar-refractivity contribution in [2.45, 2.75) is 110 Å². The number of aromatic nitrogens is 1. The second kappa shape index (κ2) is 20.9. The van der Waals surface area contributed by atoms with Gasteiger partial charge in [0, 0.05) is 17.8 Å². The van der Waals surface area contributed by atoms with Crippen LogP contribution in [0, 0.1) is 10.8 Å². The summed E-state index contributed by atoms with van der Waals surface area (Å²) in [5, 5.41) is 21.1. The van der Waals surface area contributed by atoms with Gasteiger partial charge in [-0.3, -0.25) is 14.6 Å². The lowest BCUT2D eigenvalue weighted by Crippen LogP contribution is -2.59. The van der Waals surface area contributed by atoms with Crippen LogP contribution >= 0.6 is 11.8 Å². The fourth-order valence-electron chi connectivity index (χ4n) is 6.28. The molecule has 1 heterocycles. The third-order valence-electron chi connectivity index (χ3n) is 9.07. The van der Waals surface area contributed by atoms with Gasteiger partial charge < -0.3 is 35.8 Å². The highest BCUT2D eigenvalue weighted by Gasteiger charge is 2.38. The highest BCUT2D eigenvalue weighted by atomic mass is 32.2. The van der Waals surface area contributed by atoms with Crippen LogP contribution in [0.5, 0.6) is 0 Å². The molecule has 300 valence electrons. The number of hydrogen-bond acceptors (Lipinski definition) is 8. The first kappa shape index (κ1) is 44.8. The Morgan fingerprint density at radius 3 is 1.89 bits per heavy atom. The van der Waals surface area contributed by atoms with Crippen molar-refractivity contribution in [2.24, 2.45) is 10.8 Å². The molecule has 55 heavy (non-hydrogen) atoms. The van der Waals surface area contributed by atoms with Crippen molar-refractivity contribution in [3.63, 3.8) is 0 Å². The normalized spacial score (nSPS) is 15.0. The number of nitrogens with zero attached hydrogens (tertiary/aromatic N) is 1. The lowest BCUT2D eigenvalue weighted by molar-refractivity contribution is -0.129. The summed E-state index contributed by atoms with van der Waals surface area (Å²) in [4.78, 5) is 56.9. The van der Waals surface area contributed by atoms with E-state index >= 15 is 0 Å². The summed E-state index contributed by atoms with van der Waals surface area (Å²) in [6.07, 6.45) is 0.102. The predicted octanol–water partition coefficient (Wildman–Crippen LogP) is 6.83. The van der Waals surface area contributed by atoms with E-state index in [2.05, 4.69) is 26.3 Å². The average Bonchev–Trinajstić information content (AvgIpc) is 3.12. The summed E-state index contributed by atoms with van der Waals surface area (Å²) in [6, 6.07) is 20.2. The van der Waals surface area contributed by atoms with E-state index in [0.717, 1.165) is 28.1 Å². The van der Waals surface area contributed by atoms with Gasteiger partial charge in [-0.1, -0.05) is 109 Å². The fraction of sp³-hybridized carbons (Fsp3) is 0.500. The number of hydrogen-bond donors (Lipinski definition) is 5. The fourth-order valence-corrected chi connectivity index (χ4v) is 6.97. The van der Waals surface area contributed by atoms with Crippen LogP contribution in [0.25, 0.3) is 11.3 Å². The minimum Gasteiger partial charge on any atom is -0.465 e. The predicted molar refractivity (Wildman–Crippen MR) is 218 cm³/mol. The Kier molecular flexibility index (Phi) is 17.0. The molecule has 1 unspecified atom stereocenters. The molecule has 3 aromatic rings. The van der Waals surface area contributed by atoms with Crippen LogP contribution in [-0.2, 0) is 31.9 Å². The van der Waals surface area contributed by atoms with Gasteiger partial charge in [0.05, 0.1) is 24.9 Å². The summed E-state index contributed by atoms with van der Waals surface area (Å²) >= 11 is 1.60. The largest absolute Gasteiger partial charge is 0.465 e. The highest BCUT2D eigenvalue weighted by molar-refractivity contribution is 7.99. The Balaban J connectivity index is 2.10. The zero-order valence-electron chi connectivity index (χ0n) is 33.6. The summed E-state index contributed by atoms with van der Waals surface area (Å²) in [5.41, 5.74) is 1.97. The number of pyridine rings is 1. The van der Waals surface area contributed by atoms with Crippen molar-refractivity contribution < 1.29 is 33.8 Å². The lowest BCUT2D eigenvalue weighted by Gasteiger charge is -2.37. The van der Waals surface area contributed by atoms with Gasteiger partial charge in [-0.15, -0.1) is 11.8 Å². The number of nitrogens with one attached hydrogen (secondary N) is 4. The number of carbonyl (C=O) groups excluding carboxylic acids is 3. The molecule has 5 N–H and O–H groups in total. The molecule has 0 spiro atoms. The minimum absolute atomic E-state index is 0.266. The van der Waals surface area contributed by atoms with E-state index in [4.69, 9.17) is 9.47 Å². The Morgan fingerprint density at radius 1 is 0.764 bits per heavy atom. The van der Waals surface area contributed by atoms with Gasteiger partial charge in [0.15, 0.2) is 0 Å². The van der Waals surface area contributed by atoms with Crippen molar-refractivity contribution in [3.05, 3.63) is 90.1 Å². The summed E-state index contributed by atoms with van der Waals surface area (Å²) in [6.45, 7) is 15.0. The number of alkyl carbamates (subject to hydrolysis) is 1. The van der Waals surface area contributed by atoms with Gasteiger partial charge in [0.2, 0.25) is 11.8 Å². The maximum absolute atomic E-state index is 14.2. The Bertz CT molecular complexity index is 1660. The number of carboxylic acid groups (broad SMARTS) is 1. The number of methoxy groups -OCH3 is 1. The van der Waals surface area contributed by atoms with Crippen LogP contribution in [0.15, 0.2) is 79.0 Å². The second-order valence-corrected chi connectivity index (χ2v) is 17.3. The molecule has 6 atom stereocenters. The van der Waals surface area contributed by atoms with E-state index in [1.807, 2.05) is 107 Å². The molecule has 12 nitrogen and oxygen atoms in total. The van der Waals surface area contributed by atoms with Gasteiger partial charge in [-0.25, -0.2) is 9.59 Å². The van der Waals surface area contributed by atoms with Crippen LogP contribution in [-0.4, -0.2) is 82.7 Å². The van der Waals surface area contributed by atoms with Gasteiger partial charge in [-0.2, -0.15) is 0 Å². The first-order valence-electron chi connectivity index (χ1n) is 18.7. The first-order chi connectivity index (χ1) is 25.9. The minimum atomic E-state index is -1.30. The zero-order valence-corrected chi connectivity index (χ0v) is 34.4. The lowest BCUT2D eigenvalue weighted by atomic mass is 9.85. The van der Waals surface area contributed by atoms with Crippen LogP contribution in [0.1, 0.15) is 72.9 Å². The second-order valence-electron chi connectivity index (χ2n) is 15.7. The molecular formula is C42H59N5O7S. The number of benzene rings is 2. The summed E-state index contributed by atoms with van der Waals surface area (Å²) < 4.78 is 11.6. The van der Waals surface area contributed by atoms with Gasteiger partial charge in [0.25, 0.3) is 0 Å². The molecule has 2 aromatic carbocycles. The average molecular weight is 778 g/mol. The van der Waals surface area contributed by atoms with E-state index in [-0.39, 0.29) is 11.9 Å². The quantitative estimate of drug-likeness (QED) is 0.0870. The van der Waals surface area contributed by atoms with E-state index < -0.39 is 65.1 Å². The van der Waals surface area contributed by atoms with Crippen molar-refractivity contribution in [1.82, 2.24) is 26.3 Å². The number of rotatable bonds is 18. The SMILES string of the molecule is CCSC(C)O[C@@H](C[C@H](Cc1ccc(-c2ccccn2)cc1)NC(=O)[C@@H](NC(=O)OC)C(C)(C)C)[C@H](Cc1ccccc1)NC(=O)[C@@H](NC(=O)O)C(C)(C)C. The Hall–Kier alpha value is -4.62. The Morgan fingerprint density at radius 2 is 1.35 bits per heavy atom. The number of ether oxygens (including phenoxy) is 2. The van der Waals surface area contributed by atoms with E-state index in [0.29, 0.717) is 12.8 Å². The molecule has 4 amide bonds.